The fourth-order valence-corrected chi connectivity index (χ4v) is 2.30. The molecule has 0 bridgehead atoms. The van der Waals surface area contributed by atoms with Gasteiger partial charge >= 0.3 is 0 Å². The molecule has 6 nitrogen and oxygen atoms in total. The Balaban J connectivity index is 1.82. The smallest absolute Gasteiger partial charge is 0.260 e. The van der Waals surface area contributed by atoms with Crippen molar-refractivity contribution in [3.8, 4) is 17.2 Å². The molecule has 1 aromatic heterocycles. The number of nitrogen functional groups attached to an aromatic ring is 1. The number of benzene rings is 1. The molecule has 20 heavy (non-hydrogen) atoms. The summed E-state index contributed by atoms with van der Waals surface area (Å²) in [6.45, 7) is 0.818. The van der Waals surface area contributed by atoms with Gasteiger partial charge in [-0.05, 0) is 31.0 Å². The third-order valence-corrected chi connectivity index (χ3v) is 3.39. The Bertz CT molecular complexity index is 591. The summed E-state index contributed by atoms with van der Waals surface area (Å²) >= 11 is 0. The maximum atomic E-state index is 5.94. The van der Waals surface area contributed by atoms with Gasteiger partial charge in [-0.25, -0.2) is 0 Å². The lowest BCUT2D eigenvalue weighted by atomic mass is 10.1. The molecule has 106 valence electrons. The lowest BCUT2D eigenvalue weighted by Crippen LogP contribution is -2.09. The number of rotatable bonds is 4. The van der Waals surface area contributed by atoms with Crippen molar-refractivity contribution in [2.75, 3.05) is 19.5 Å². The number of hydrogen-bond acceptors (Lipinski definition) is 6. The molecule has 2 N–H and O–H groups in total. The van der Waals surface area contributed by atoms with Crippen molar-refractivity contribution >= 4 is 5.69 Å². The van der Waals surface area contributed by atoms with Crippen LogP contribution < -0.4 is 10.5 Å². The number of ether oxygens (including phenoxy) is 2. The molecule has 1 aliphatic heterocycles. The van der Waals surface area contributed by atoms with Gasteiger partial charge in [0.1, 0.15) is 5.75 Å². The predicted octanol–water partition coefficient (Wildman–Crippen LogP) is 2.05. The van der Waals surface area contributed by atoms with Gasteiger partial charge in [0.2, 0.25) is 0 Å². The molecule has 1 aromatic carbocycles. The molecular formula is C14H17N3O3. The lowest BCUT2D eigenvalue weighted by Gasteiger charge is -2.04. The van der Waals surface area contributed by atoms with E-state index in [0.29, 0.717) is 35.1 Å². The minimum Gasteiger partial charge on any atom is -0.497 e. The molecular weight excluding hydrogens is 258 g/mol. The maximum Gasteiger partial charge on any atom is 0.260 e. The van der Waals surface area contributed by atoms with E-state index in [4.69, 9.17) is 19.7 Å². The first kappa shape index (κ1) is 12.9. The minimum atomic E-state index is 0.197. The zero-order valence-electron chi connectivity index (χ0n) is 11.3. The first-order valence-corrected chi connectivity index (χ1v) is 6.64. The van der Waals surface area contributed by atoms with E-state index < -0.39 is 0 Å². The molecule has 1 aliphatic rings. The van der Waals surface area contributed by atoms with Gasteiger partial charge in [-0.1, -0.05) is 5.16 Å². The van der Waals surface area contributed by atoms with Crippen LogP contribution in [0.15, 0.2) is 22.7 Å². The second-order valence-electron chi connectivity index (χ2n) is 4.81. The predicted molar refractivity (Wildman–Crippen MR) is 73.4 cm³/mol. The van der Waals surface area contributed by atoms with Gasteiger partial charge in [0.15, 0.2) is 5.82 Å². The first-order chi connectivity index (χ1) is 9.76. The number of methoxy groups -OCH3 is 1. The van der Waals surface area contributed by atoms with Crippen molar-refractivity contribution in [3.63, 3.8) is 0 Å². The Morgan fingerprint density at radius 1 is 1.45 bits per heavy atom. The Kier molecular flexibility index (Phi) is 3.56. The van der Waals surface area contributed by atoms with Crippen molar-refractivity contribution in [1.29, 1.82) is 0 Å². The number of nitrogens with zero attached hydrogens (tertiary/aromatic N) is 2. The van der Waals surface area contributed by atoms with Gasteiger partial charge in [0.25, 0.3) is 5.89 Å². The second kappa shape index (κ2) is 5.50. The van der Waals surface area contributed by atoms with Crippen LogP contribution in [0.25, 0.3) is 11.5 Å². The molecule has 0 aliphatic carbocycles. The number of anilines is 1. The van der Waals surface area contributed by atoms with E-state index in [-0.39, 0.29) is 6.10 Å². The normalized spacial score (nSPS) is 18.4. The molecule has 2 aromatic rings. The van der Waals surface area contributed by atoms with Crippen LogP contribution in [-0.2, 0) is 11.2 Å². The van der Waals surface area contributed by atoms with Crippen molar-refractivity contribution < 1.29 is 14.0 Å². The molecule has 2 heterocycles. The number of hydrogen-bond donors (Lipinski definition) is 1. The summed E-state index contributed by atoms with van der Waals surface area (Å²) in [7, 11) is 1.60. The van der Waals surface area contributed by atoms with Gasteiger partial charge in [-0.3, -0.25) is 0 Å². The van der Waals surface area contributed by atoms with Crippen LogP contribution in [0, 0.1) is 0 Å². The monoisotopic (exact) mass is 275 g/mol. The number of nitrogens with two attached hydrogens (primary N) is 1. The van der Waals surface area contributed by atoms with E-state index in [1.807, 2.05) is 0 Å². The molecule has 0 saturated carbocycles. The molecule has 0 amide bonds. The van der Waals surface area contributed by atoms with Crippen molar-refractivity contribution in [1.82, 2.24) is 10.1 Å². The van der Waals surface area contributed by atoms with E-state index >= 15 is 0 Å². The standard InChI is InChI=1S/C14H17N3O3/c1-18-9-4-5-12(15)11(7-9)14-16-13(17-20-14)8-10-3-2-6-19-10/h4-5,7,10H,2-3,6,8,15H2,1H3. The van der Waals surface area contributed by atoms with Gasteiger partial charge in [-0.2, -0.15) is 4.98 Å². The van der Waals surface area contributed by atoms with Crippen LogP contribution in [0.4, 0.5) is 5.69 Å². The third-order valence-electron chi connectivity index (χ3n) is 3.39. The van der Waals surface area contributed by atoms with Crippen LogP contribution in [0.5, 0.6) is 5.75 Å². The fraction of sp³-hybridized carbons (Fsp3) is 0.429. The second-order valence-corrected chi connectivity index (χ2v) is 4.81. The minimum absolute atomic E-state index is 0.197. The topological polar surface area (TPSA) is 83.4 Å². The van der Waals surface area contributed by atoms with E-state index in [2.05, 4.69) is 10.1 Å². The van der Waals surface area contributed by atoms with Gasteiger partial charge in [0, 0.05) is 18.7 Å². The summed E-state index contributed by atoms with van der Waals surface area (Å²) < 4.78 is 16.0. The van der Waals surface area contributed by atoms with Gasteiger partial charge < -0.3 is 19.7 Å². The summed E-state index contributed by atoms with van der Waals surface area (Å²) in [5, 5.41) is 3.99. The van der Waals surface area contributed by atoms with Gasteiger partial charge in [0.05, 0.1) is 18.8 Å². The highest BCUT2D eigenvalue weighted by atomic mass is 16.5. The highest BCUT2D eigenvalue weighted by Crippen LogP contribution is 2.29. The van der Waals surface area contributed by atoms with Crippen LogP contribution in [0.3, 0.4) is 0 Å². The summed E-state index contributed by atoms with van der Waals surface area (Å²) in [6, 6.07) is 5.35. The molecule has 1 saturated heterocycles. The summed E-state index contributed by atoms with van der Waals surface area (Å²) in [6.07, 6.45) is 3.01. The summed E-state index contributed by atoms with van der Waals surface area (Å²) in [5.74, 6) is 1.76. The first-order valence-electron chi connectivity index (χ1n) is 6.64. The van der Waals surface area contributed by atoms with Crippen molar-refractivity contribution in [2.24, 2.45) is 0 Å². The highest BCUT2D eigenvalue weighted by molar-refractivity contribution is 5.72. The van der Waals surface area contributed by atoms with E-state index in [1.54, 1.807) is 25.3 Å². The van der Waals surface area contributed by atoms with Crippen LogP contribution >= 0.6 is 0 Å². The Morgan fingerprint density at radius 2 is 2.35 bits per heavy atom. The van der Waals surface area contributed by atoms with E-state index in [1.165, 1.54) is 0 Å². The summed E-state index contributed by atoms with van der Waals surface area (Å²) in [5.41, 5.74) is 7.21. The molecule has 1 fully saturated rings. The Labute approximate surface area is 116 Å². The fourth-order valence-electron chi connectivity index (χ4n) is 2.30. The Morgan fingerprint density at radius 3 is 3.10 bits per heavy atom. The maximum absolute atomic E-state index is 5.94. The molecule has 6 heteroatoms. The van der Waals surface area contributed by atoms with Crippen LogP contribution in [0.1, 0.15) is 18.7 Å². The van der Waals surface area contributed by atoms with Crippen LogP contribution in [-0.4, -0.2) is 30.0 Å². The molecule has 3 rings (SSSR count). The average Bonchev–Trinajstić information content (AvgIpc) is 3.12. The summed E-state index contributed by atoms with van der Waals surface area (Å²) in [4.78, 5) is 4.39. The highest BCUT2D eigenvalue weighted by Gasteiger charge is 2.20. The molecule has 0 spiro atoms. The third kappa shape index (κ3) is 2.60. The molecule has 0 radical (unpaired) electrons. The zero-order chi connectivity index (χ0) is 13.9. The molecule has 1 unspecified atom stereocenters. The quantitative estimate of drug-likeness (QED) is 0.860. The van der Waals surface area contributed by atoms with Crippen molar-refractivity contribution in [2.45, 2.75) is 25.4 Å². The van der Waals surface area contributed by atoms with E-state index in [0.717, 1.165) is 19.4 Å². The van der Waals surface area contributed by atoms with Crippen molar-refractivity contribution in [3.05, 3.63) is 24.0 Å². The number of aromatic nitrogens is 2. The van der Waals surface area contributed by atoms with Crippen LogP contribution in [0.2, 0.25) is 0 Å². The average molecular weight is 275 g/mol. The van der Waals surface area contributed by atoms with Gasteiger partial charge in [-0.15, -0.1) is 0 Å². The Hall–Kier alpha value is -2.08. The van der Waals surface area contributed by atoms with E-state index in [9.17, 15) is 0 Å². The molecule has 1 atom stereocenters. The zero-order valence-corrected chi connectivity index (χ0v) is 11.3. The lowest BCUT2D eigenvalue weighted by molar-refractivity contribution is 0.109. The largest absolute Gasteiger partial charge is 0.497 e. The SMILES string of the molecule is COc1ccc(N)c(-c2nc(CC3CCCO3)no2)c1.